The molecule has 1 nitrogen and oxygen atoms in total. The van der Waals surface area contributed by atoms with E-state index in [0.717, 1.165) is 23.8 Å². The first kappa shape index (κ1) is 12.4. The average molecular weight is 223 g/mol. The lowest BCUT2D eigenvalue weighted by Crippen LogP contribution is -2.35. The van der Waals surface area contributed by atoms with Crippen LogP contribution >= 0.6 is 0 Å². The van der Waals surface area contributed by atoms with Gasteiger partial charge >= 0.3 is 0 Å². The van der Waals surface area contributed by atoms with Crippen LogP contribution in [-0.4, -0.2) is 13.1 Å². The van der Waals surface area contributed by atoms with Crippen molar-refractivity contribution in [2.45, 2.75) is 70.8 Å². The second-order valence-electron chi connectivity index (χ2n) is 6.10. The molecule has 2 saturated carbocycles. The van der Waals surface area contributed by atoms with E-state index in [1.54, 1.807) is 0 Å². The summed E-state index contributed by atoms with van der Waals surface area (Å²) in [5.41, 5.74) is 0. The fourth-order valence-electron chi connectivity index (χ4n) is 3.99. The second-order valence-corrected chi connectivity index (χ2v) is 6.10. The van der Waals surface area contributed by atoms with E-state index < -0.39 is 0 Å². The Morgan fingerprint density at radius 2 is 1.69 bits per heavy atom. The Bertz CT molecular complexity index is 194. The highest BCUT2D eigenvalue weighted by Crippen LogP contribution is 2.40. The SMILES string of the molecule is CCC1CCC(C2CCCC(NC)C2)CC1. The van der Waals surface area contributed by atoms with Crippen molar-refractivity contribution in [2.75, 3.05) is 7.05 Å². The Morgan fingerprint density at radius 1 is 0.938 bits per heavy atom. The van der Waals surface area contributed by atoms with Gasteiger partial charge in [-0.05, 0) is 50.5 Å². The molecule has 0 radical (unpaired) electrons. The molecule has 2 atom stereocenters. The van der Waals surface area contributed by atoms with Gasteiger partial charge in [0.05, 0.1) is 0 Å². The highest BCUT2D eigenvalue weighted by molar-refractivity contribution is 4.84. The zero-order chi connectivity index (χ0) is 11.4. The van der Waals surface area contributed by atoms with Crippen molar-refractivity contribution in [1.82, 2.24) is 5.32 Å². The van der Waals surface area contributed by atoms with E-state index in [0.29, 0.717) is 0 Å². The molecular formula is C15H29N. The molecule has 0 aromatic heterocycles. The molecule has 94 valence electrons. The summed E-state index contributed by atoms with van der Waals surface area (Å²) in [6.07, 6.45) is 13.3. The number of hydrogen-bond donors (Lipinski definition) is 1. The van der Waals surface area contributed by atoms with Crippen LogP contribution in [0.4, 0.5) is 0 Å². The van der Waals surface area contributed by atoms with E-state index in [1.807, 2.05) is 0 Å². The summed E-state index contributed by atoms with van der Waals surface area (Å²) in [7, 11) is 2.14. The molecule has 0 saturated heterocycles. The molecule has 0 spiro atoms. The van der Waals surface area contributed by atoms with Crippen molar-refractivity contribution in [1.29, 1.82) is 0 Å². The lowest BCUT2D eigenvalue weighted by Gasteiger charge is -2.38. The van der Waals surface area contributed by atoms with Crippen LogP contribution < -0.4 is 5.32 Å². The smallest absolute Gasteiger partial charge is 0.00668 e. The molecule has 2 rings (SSSR count). The normalized spacial score (nSPS) is 40.9. The van der Waals surface area contributed by atoms with Crippen LogP contribution in [0, 0.1) is 17.8 Å². The van der Waals surface area contributed by atoms with Gasteiger partial charge in [0.1, 0.15) is 0 Å². The minimum absolute atomic E-state index is 0.822. The van der Waals surface area contributed by atoms with Gasteiger partial charge in [-0.25, -0.2) is 0 Å². The van der Waals surface area contributed by atoms with E-state index in [4.69, 9.17) is 0 Å². The van der Waals surface area contributed by atoms with Gasteiger partial charge in [-0.3, -0.25) is 0 Å². The molecule has 1 heteroatoms. The molecule has 0 amide bonds. The first-order valence-corrected chi connectivity index (χ1v) is 7.50. The predicted octanol–water partition coefficient (Wildman–Crippen LogP) is 3.98. The van der Waals surface area contributed by atoms with Crippen LogP contribution in [0.25, 0.3) is 0 Å². The summed E-state index contributed by atoms with van der Waals surface area (Å²) in [6, 6.07) is 0.822. The van der Waals surface area contributed by atoms with E-state index >= 15 is 0 Å². The molecule has 2 unspecified atom stereocenters. The number of rotatable bonds is 3. The van der Waals surface area contributed by atoms with Crippen LogP contribution in [0.5, 0.6) is 0 Å². The zero-order valence-corrected chi connectivity index (χ0v) is 11.2. The van der Waals surface area contributed by atoms with Crippen molar-refractivity contribution in [3.05, 3.63) is 0 Å². The summed E-state index contributed by atoms with van der Waals surface area (Å²) >= 11 is 0. The third-order valence-electron chi connectivity index (χ3n) is 5.26. The van der Waals surface area contributed by atoms with Crippen LogP contribution in [0.1, 0.15) is 64.7 Å². The molecule has 0 aromatic carbocycles. The summed E-state index contributed by atoms with van der Waals surface area (Å²) in [5.74, 6) is 3.17. The topological polar surface area (TPSA) is 12.0 Å². The maximum Gasteiger partial charge on any atom is 0.00668 e. The monoisotopic (exact) mass is 223 g/mol. The van der Waals surface area contributed by atoms with Crippen molar-refractivity contribution < 1.29 is 0 Å². The maximum absolute atomic E-state index is 3.49. The predicted molar refractivity (Wildman–Crippen MR) is 70.5 cm³/mol. The first-order valence-electron chi connectivity index (χ1n) is 7.50. The van der Waals surface area contributed by atoms with Crippen LogP contribution in [0.15, 0.2) is 0 Å². The average Bonchev–Trinajstić information content (AvgIpc) is 2.39. The lowest BCUT2D eigenvalue weighted by atomic mass is 9.70. The van der Waals surface area contributed by atoms with Gasteiger partial charge in [-0.1, -0.05) is 39.0 Å². The molecule has 1 N–H and O–H groups in total. The van der Waals surface area contributed by atoms with Gasteiger partial charge in [0, 0.05) is 6.04 Å². The molecule has 2 aliphatic carbocycles. The van der Waals surface area contributed by atoms with Gasteiger partial charge in [0.25, 0.3) is 0 Å². The molecule has 2 fully saturated rings. The minimum atomic E-state index is 0.822. The van der Waals surface area contributed by atoms with E-state index in [2.05, 4.69) is 19.3 Å². The molecule has 16 heavy (non-hydrogen) atoms. The van der Waals surface area contributed by atoms with Gasteiger partial charge < -0.3 is 5.32 Å². The second kappa shape index (κ2) is 6.05. The fourth-order valence-corrected chi connectivity index (χ4v) is 3.99. The highest BCUT2D eigenvalue weighted by atomic mass is 14.9. The largest absolute Gasteiger partial charge is 0.317 e. The van der Waals surface area contributed by atoms with Crippen LogP contribution in [0.3, 0.4) is 0 Å². The van der Waals surface area contributed by atoms with Crippen LogP contribution in [-0.2, 0) is 0 Å². The van der Waals surface area contributed by atoms with Gasteiger partial charge in [-0.15, -0.1) is 0 Å². The molecule has 0 bridgehead atoms. The Kier molecular flexibility index (Phi) is 4.69. The summed E-state index contributed by atoms with van der Waals surface area (Å²) in [5, 5.41) is 3.49. The van der Waals surface area contributed by atoms with Gasteiger partial charge in [0.15, 0.2) is 0 Å². The molecule has 0 heterocycles. The molecule has 0 aromatic rings. The van der Waals surface area contributed by atoms with E-state index in [9.17, 15) is 0 Å². The number of nitrogens with one attached hydrogen (secondary N) is 1. The highest BCUT2D eigenvalue weighted by Gasteiger charge is 2.30. The summed E-state index contributed by atoms with van der Waals surface area (Å²) in [4.78, 5) is 0. The summed E-state index contributed by atoms with van der Waals surface area (Å²) in [6.45, 7) is 2.36. The molecular weight excluding hydrogens is 194 g/mol. The standard InChI is InChI=1S/C15H29N/c1-3-12-7-9-13(10-8-12)14-5-4-6-15(11-14)16-2/h12-16H,3-11H2,1-2H3. The minimum Gasteiger partial charge on any atom is -0.317 e. The Hall–Kier alpha value is -0.0400. The van der Waals surface area contributed by atoms with Crippen molar-refractivity contribution >= 4 is 0 Å². The van der Waals surface area contributed by atoms with E-state index in [-0.39, 0.29) is 0 Å². The zero-order valence-electron chi connectivity index (χ0n) is 11.2. The first-order chi connectivity index (χ1) is 7.83. The van der Waals surface area contributed by atoms with E-state index in [1.165, 1.54) is 57.8 Å². The third-order valence-corrected chi connectivity index (χ3v) is 5.26. The maximum atomic E-state index is 3.49. The van der Waals surface area contributed by atoms with Crippen molar-refractivity contribution in [3.8, 4) is 0 Å². The fraction of sp³-hybridized carbons (Fsp3) is 1.00. The molecule has 0 aliphatic heterocycles. The Labute approximate surface area is 101 Å². The quantitative estimate of drug-likeness (QED) is 0.763. The third kappa shape index (κ3) is 3.00. The number of hydrogen-bond acceptors (Lipinski definition) is 1. The van der Waals surface area contributed by atoms with Gasteiger partial charge in [0.2, 0.25) is 0 Å². The van der Waals surface area contributed by atoms with Crippen molar-refractivity contribution in [3.63, 3.8) is 0 Å². The summed E-state index contributed by atoms with van der Waals surface area (Å²) < 4.78 is 0. The van der Waals surface area contributed by atoms with Gasteiger partial charge in [-0.2, -0.15) is 0 Å². The Morgan fingerprint density at radius 3 is 2.31 bits per heavy atom. The van der Waals surface area contributed by atoms with Crippen LogP contribution in [0.2, 0.25) is 0 Å². The Balaban J connectivity index is 1.79. The lowest BCUT2D eigenvalue weighted by molar-refractivity contribution is 0.150. The molecule has 2 aliphatic rings. The van der Waals surface area contributed by atoms with Crippen molar-refractivity contribution in [2.24, 2.45) is 17.8 Å².